The number of fused-ring (bicyclic) bond motifs is 1. The van der Waals surface area contributed by atoms with Crippen LogP contribution in [0.3, 0.4) is 0 Å². The summed E-state index contributed by atoms with van der Waals surface area (Å²) in [6.45, 7) is 3.22. The molecule has 2 aliphatic heterocycles. The van der Waals surface area contributed by atoms with Crippen molar-refractivity contribution in [2.24, 2.45) is 11.7 Å². The van der Waals surface area contributed by atoms with Gasteiger partial charge >= 0.3 is 6.03 Å². The fourth-order valence-electron chi connectivity index (χ4n) is 2.87. The number of nitrogens with zero attached hydrogens (tertiary/aromatic N) is 2. The van der Waals surface area contributed by atoms with Crippen LogP contribution in [-0.4, -0.2) is 32.5 Å². The van der Waals surface area contributed by atoms with Crippen molar-refractivity contribution in [3.63, 3.8) is 0 Å². The van der Waals surface area contributed by atoms with Crippen LogP contribution in [0.25, 0.3) is 0 Å². The number of nitrogens with two attached hydrogens (primary N) is 1. The number of hydrogen-bond acceptors (Lipinski definition) is 3. The van der Waals surface area contributed by atoms with Gasteiger partial charge in [0.25, 0.3) is 0 Å². The molecule has 1 aromatic carbocycles. The highest BCUT2D eigenvalue weighted by Crippen LogP contribution is 2.36. The molecule has 2 N–H and O–H groups in total. The second kappa shape index (κ2) is 5.09. The van der Waals surface area contributed by atoms with Crippen LogP contribution < -0.4 is 15.5 Å². The second-order valence-corrected chi connectivity index (χ2v) is 5.17. The van der Waals surface area contributed by atoms with Crippen LogP contribution in [0.2, 0.25) is 0 Å². The van der Waals surface area contributed by atoms with Gasteiger partial charge in [-0.2, -0.15) is 0 Å². The standard InChI is InChI=1S/C14H19N3O2/c15-14(18)17-10-16(9-11-5-7-19-8-6-11)12-3-1-2-4-13(12)17/h1-4,11H,5-10H2,(H2,15,18). The van der Waals surface area contributed by atoms with Crippen LogP contribution in [-0.2, 0) is 4.74 Å². The predicted molar refractivity (Wildman–Crippen MR) is 74.3 cm³/mol. The van der Waals surface area contributed by atoms with Crippen LogP contribution in [0.5, 0.6) is 0 Å². The minimum absolute atomic E-state index is 0.387. The SMILES string of the molecule is NC(=O)N1CN(CC2CCOCC2)c2ccccc21. The largest absolute Gasteiger partial charge is 0.381 e. The number of anilines is 2. The fraction of sp³-hybridized carbons (Fsp3) is 0.500. The maximum atomic E-state index is 11.5. The van der Waals surface area contributed by atoms with Gasteiger partial charge in [-0.15, -0.1) is 0 Å². The first-order valence-electron chi connectivity index (χ1n) is 6.74. The summed E-state index contributed by atoms with van der Waals surface area (Å²) in [4.78, 5) is 15.4. The molecular formula is C14H19N3O2. The van der Waals surface area contributed by atoms with Crippen molar-refractivity contribution in [2.75, 3.05) is 36.2 Å². The average Bonchev–Trinajstić information content (AvgIpc) is 2.79. The molecule has 0 radical (unpaired) electrons. The van der Waals surface area contributed by atoms with E-state index in [0.29, 0.717) is 12.6 Å². The van der Waals surface area contributed by atoms with E-state index in [1.54, 1.807) is 4.90 Å². The lowest BCUT2D eigenvalue weighted by atomic mass is 10.00. The molecule has 1 saturated heterocycles. The number of hydrogen-bond donors (Lipinski definition) is 1. The van der Waals surface area contributed by atoms with Gasteiger partial charge in [0.2, 0.25) is 0 Å². The van der Waals surface area contributed by atoms with Crippen LogP contribution in [0.1, 0.15) is 12.8 Å². The number of primary amides is 1. The molecule has 0 saturated carbocycles. The zero-order chi connectivity index (χ0) is 13.2. The summed E-state index contributed by atoms with van der Waals surface area (Å²) in [6, 6.07) is 7.55. The minimum atomic E-state index is -0.387. The summed E-state index contributed by atoms with van der Waals surface area (Å²) in [6.07, 6.45) is 2.18. The summed E-state index contributed by atoms with van der Waals surface area (Å²) in [5.41, 5.74) is 7.47. The number of rotatable bonds is 2. The average molecular weight is 261 g/mol. The zero-order valence-electron chi connectivity index (χ0n) is 10.9. The van der Waals surface area contributed by atoms with E-state index in [2.05, 4.69) is 11.0 Å². The van der Waals surface area contributed by atoms with Crippen molar-refractivity contribution >= 4 is 17.4 Å². The topological polar surface area (TPSA) is 58.8 Å². The lowest BCUT2D eigenvalue weighted by Crippen LogP contribution is -2.41. The van der Waals surface area contributed by atoms with Crippen molar-refractivity contribution < 1.29 is 9.53 Å². The highest BCUT2D eigenvalue weighted by molar-refractivity contribution is 5.97. The Kier molecular flexibility index (Phi) is 3.29. The number of carbonyl (C=O) groups is 1. The molecule has 19 heavy (non-hydrogen) atoms. The third-order valence-electron chi connectivity index (χ3n) is 3.91. The molecule has 0 aromatic heterocycles. The van der Waals surface area contributed by atoms with Gasteiger partial charge in [0.05, 0.1) is 18.0 Å². The molecule has 5 nitrogen and oxygen atoms in total. The lowest BCUT2D eigenvalue weighted by Gasteiger charge is -2.28. The van der Waals surface area contributed by atoms with E-state index in [1.165, 1.54) is 0 Å². The van der Waals surface area contributed by atoms with E-state index in [4.69, 9.17) is 10.5 Å². The van der Waals surface area contributed by atoms with E-state index < -0.39 is 0 Å². The van der Waals surface area contributed by atoms with Crippen LogP contribution in [0.15, 0.2) is 24.3 Å². The van der Waals surface area contributed by atoms with E-state index in [9.17, 15) is 4.79 Å². The second-order valence-electron chi connectivity index (χ2n) is 5.17. The molecular weight excluding hydrogens is 242 g/mol. The summed E-state index contributed by atoms with van der Waals surface area (Å²) in [7, 11) is 0. The number of para-hydroxylation sites is 2. The Morgan fingerprint density at radius 1 is 1.26 bits per heavy atom. The number of ether oxygens (including phenoxy) is 1. The minimum Gasteiger partial charge on any atom is -0.381 e. The Hall–Kier alpha value is -1.75. The molecule has 0 bridgehead atoms. The highest BCUT2D eigenvalue weighted by atomic mass is 16.5. The maximum absolute atomic E-state index is 11.5. The summed E-state index contributed by atoms with van der Waals surface area (Å²) < 4.78 is 5.39. The Morgan fingerprint density at radius 3 is 2.63 bits per heavy atom. The molecule has 1 aromatic rings. The summed E-state index contributed by atoms with van der Waals surface area (Å²) in [5.74, 6) is 0.634. The first-order valence-corrected chi connectivity index (χ1v) is 6.74. The van der Waals surface area contributed by atoms with Gasteiger partial charge in [-0.25, -0.2) is 4.79 Å². The third kappa shape index (κ3) is 2.38. The number of carbonyl (C=O) groups excluding carboxylic acids is 1. The quantitative estimate of drug-likeness (QED) is 0.882. The van der Waals surface area contributed by atoms with Gasteiger partial charge in [-0.3, -0.25) is 4.90 Å². The molecule has 102 valence electrons. The van der Waals surface area contributed by atoms with Crippen molar-refractivity contribution in [1.82, 2.24) is 0 Å². The van der Waals surface area contributed by atoms with Gasteiger partial charge in [0.1, 0.15) is 0 Å². The molecule has 0 aliphatic carbocycles. The molecule has 3 rings (SSSR count). The first kappa shape index (κ1) is 12.3. The van der Waals surface area contributed by atoms with Crippen molar-refractivity contribution in [2.45, 2.75) is 12.8 Å². The Morgan fingerprint density at radius 2 is 1.95 bits per heavy atom. The monoisotopic (exact) mass is 261 g/mol. The number of benzene rings is 1. The molecule has 2 aliphatic rings. The molecule has 1 fully saturated rings. The lowest BCUT2D eigenvalue weighted by molar-refractivity contribution is 0.0683. The van der Waals surface area contributed by atoms with Crippen molar-refractivity contribution in [3.05, 3.63) is 24.3 Å². The van der Waals surface area contributed by atoms with Gasteiger partial charge in [0.15, 0.2) is 0 Å². The first-order chi connectivity index (χ1) is 9.25. The highest BCUT2D eigenvalue weighted by Gasteiger charge is 2.30. The fourth-order valence-corrected chi connectivity index (χ4v) is 2.87. The zero-order valence-corrected chi connectivity index (χ0v) is 10.9. The van der Waals surface area contributed by atoms with E-state index in [1.807, 2.05) is 18.2 Å². The Bertz CT molecular complexity index is 472. The van der Waals surface area contributed by atoms with Gasteiger partial charge in [-0.1, -0.05) is 12.1 Å². The Balaban J connectivity index is 1.78. The van der Waals surface area contributed by atoms with Crippen molar-refractivity contribution in [3.8, 4) is 0 Å². The molecule has 0 unspecified atom stereocenters. The third-order valence-corrected chi connectivity index (χ3v) is 3.91. The van der Waals surface area contributed by atoms with Crippen LogP contribution in [0, 0.1) is 5.92 Å². The molecule has 2 amide bonds. The normalized spacial score (nSPS) is 19.6. The molecule has 0 spiro atoms. The van der Waals surface area contributed by atoms with Crippen molar-refractivity contribution in [1.29, 1.82) is 0 Å². The van der Waals surface area contributed by atoms with E-state index in [0.717, 1.165) is 44.0 Å². The smallest absolute Gasteiger partial charge is 0.320 e. The predicted octanol–water partition coefficient (Wildman–Crippen LogP) is 1.78. The van der Waals surface area contributed by atoms with E-state index in [-0.39, 0.29) is 6.03 Å². The maximum Gasteiger partial charge on any atom is 0.320 e. The summed E-state index contributed by atoms with van der Waals surface area (Å²) in [5, 5.41) is 0. The molecule has 5 heteroatoms. The van der Waals surface area contributed by atoms with E-state index >= 15 is 0 Å². The van der Waals surface area contributed by atoms with Gasteiger partial charge in [-0.05, 0) is 30.9 Å². The van der Waals surface area contributed by atoms with Crippen LogP contribution in [0.4, 0.5) is 16.2 Å². The number of urea groups is 1. The van der Waals surface area contributed by atoms with Gasteiger partial charge < -0.3 is 15.4 Å². The molecule has 2 heterocycles. The van der Waals surface area contributed by atoms with Gasteiger partial charge in [0, 0.05) is 19.8 Å². The number of amides is 2. The summed E-state index contributed by atoms with van der Waals surface area (Å²) >= 11 is 0. The van der Waals surface area contributed by atoms with Crippen LogP contribution >= 0.6 is 0 Å². The molecule has 0 atom stereocenters. The Labute approximate surface area is 112 Å².